The number of nitrogens with zero attached hydrogens (tertiary/aromatic N) is 1. The van der Waals surface area contributed by atoms with Gasteiger partial charge in [-0.1, -0.05) is 38.1 Å². The molecule has 1 amide bonds. The summed E-state index contributed by atoms with van der Waals surface area (Å²) < 4.78 is 0. The Morgan fingerprint density at radius 2 is 1.90 bits per heavy atom. The van der Waals surface area contributed by atoms with Crippen LogP contribution in [0.4, 0.5) is 0 Å². The molecule has 4 heteroatoms. The summed E-state index contributed by atoms with van der Waals surface area (Å²) in [6.45, 7) is 7.65. The molecule has 0 bridgehead atoms. The van der Waals surface area contributed by atoms with Gasteiger partial charge in [-0.05, 0) is 30.4 Å². The lowest BCUT2D eigenvalue weighted by Gasteiger charge is -2.16. The lowest BCUT2D eigenvalue weighted by atomic mass is 10.0. The molecule has 21 heavy (non-hydrogen) atoms. The fourth-order valence-corrected chi connectivity index (χ4v) is 2.09. The second-order valence-corrected chi connectivity index (χ2v) is 5.89. The van der Waals surface area contributed by atoms with Gasteiger partial charge in [-0.25, -0.2) is 0 Å². The highest BCUT2D eigenvalue weighted by Gasteiger charge is 2.10. The normalized spacial score (nSPS) is 12.5. The lowest BCUT2D eigenvalue weighted by Crippen LogP contribution is -2.36. The van der Waals surface area contributed by atoms with E-state index in [4.69, 9.17) is 0 Å². The van der Waals surface area contributed by atoms with Crippen LogP contribution in [0, 0.1) is 5.92 Å². The number of hydrogen-bond acceptors (Lipinski definition) is 3. The number of benzene rings is 1. The van der Waals surface area contributed by atoms with Gasteiger partial charge in [0.25, 0.3) is 0 Å². The minimum atomic E-state index is -0.585. The fourth-order valence-electron chi connectivity index (χ4n) is 2.09. The highest BCUT2D eigenvalue weighted by atomic mass is 16.3. The summed E-state index contributed by atoms with van der Waals surface area (Å²) >= 11 is 0. The van der Waals surface area contributed by atoms with Crippen molar-refractivity contribution in [2.24, 2.45) is 5.92 Å². The minimum absolute atomic E-state index is 0.0389. The molecule has 0 fully saturated rings. The highest BCUT2D eigenvalue weighted by molar-refractivity contribution is 5.77. The molecule has 118 valence electrons. The molecule has 0 heterocycles. The van der Waals surface area contributed by atoms with Crippen LogP contribution in [-0.2, 0) is 11.2 Å². The number of rotatable bonds is 8. The Labute approximate surface area is 128 Å². The SMILES string of the molecule is CCN(C)C(=O)CNCC(O)c1ccc(CC(C)C)cc1. The summed E-state index contributed by atoms with van der Waals surface area (Å²) in [5, 5.41) is 13.1. The fraction of sp³-hybridized carbons (Fsp3) is 0.588. The Kier molecular flexibility index (Phi) is 7.40. The average Bonchev–Trinajstić information content (AvgIpc) is 2.46. The zero-order chi connectivity index (χ0) is 15.8. The lowest BCUT2D eigenvalue weighted by molar-refractivity contribution is -0.128. The van der Waals surface area contributed by atoms with E-state index in [1.54, 1.807) is 11.9 Å². The van der Waals surface area contributed by atoms with E-state index in [0.717, 1.165) is 12.0 Å². The Balaban J connectivity index is 2.41. The van der Waals surface area contributed by atoms with Crippen molar-refractivity contribution in [1.82, 2.24) is 10.2 Å². The maximum atomic E-state index is 11.6. The van der Waals surface area contributed by atoms with E-state index < -0.39 is 6.10 Å². The second-order valence-electron chi connectivity index (χ2n) is 5.89. The first-order valence-electron chi connectivity index (χ1n) is 7.65. The third-order valence-corrected chi connectivity index (χ3v) is 3.52. The van der Waals surface area contributed by atoms with Crippen LogP contribution in [0.15, 0.2) is 24.3 Å². The molecule has 0 aromatic heterocycles. The molecular weight excluding hydrogens is 264 g/mol. The van der Waals surface area contributed by atoms with Gasteiger partial charge in [0.15, 0.2) is 0 Å². The first kappa shape index (κ1) is 17.7. The molecule has 1 atom stereocenters. The van der Waals surface area contributed by atoms with Gasteiger partial charge in [-0.3, -0.25) is 4.79 Å². The van der Waals surface area contributed by atoms with Crippen LogP contribution in [-0.4, -0.2) is 42.6 Å². The molecule has 0 aliphatic rings. The third kappa shape index (κ3) is 6.27. The first-order valence-corrected chi connectivity index (χ1v) is 7.65. The topological polar surface area (TPSA) is 52.6 Å². The monoisotopic (exact) mass is 292 g/mol. The van der Waals surface area contributed by atoms with Crippen molar-refractivity contribution < 1.29 is 9.90 Å². The molecule has 0 saturated heterocycles. The molecule has 0 radical (unpaired) electrons. The van der Waals surface area contributed by atoms with E-state index in [0.29, 0.717) is 19.0 Å². The second kappa shape index (κ2) is 8.80. The van der Waals surface area contributed by atoms with Crippen LogP contribution < -0.4 is 5.32 Å². The van der Waals surface area contributed by atoms with Gasteiger partial charge in [-0.2, -0.15) is 0 Å². The van der Waals surface area contributed by atoms with Crippen LogP contribution in [0.25, 0.3) is 0 Å². The largest absolute Gasteiger partial charge is 0.387 e. The Morgan fingerprint density at radius 3 is 2.43 bits per heavy atom. The van der Waals surface area contributed by atoms with E-state index in [9.17, 15) is 9.90 Å². The van der Waals surface area contributed by atoms with Gasteiger partial charge >= 0.3 is 0 Å². The van der Waals surface area contributed by atoms with Crippen molar-refractivity contribution in [2.75, 3.05) is 26.7 Å². The zero-order valence-electron chi connectivity index (χ0n) is 13.6. The predicted octanol–water partition coefficient (Wildman–Crippen LogP) is 1.99. The van der Waals surface area contributed by atoms with Gasteiger partial charge in [0, 0.05) is 20.1 Å². The maximum absolute atomic E-state index is 11.6. The van der Waals surface area contributed by atoms with Gasteiger partial charge in [-0.15, -0.1) is 0 Å². The van der Waals surface area contributed by atoms with E-state index in [-0.39, 0.29) is 12.5 Å². The Morgan fingerprint density at radius 1 is 1.29 bits per heavy atom. The molecule has 1 aromatic rings. The van der Waals surface area contributed by atoms with Crippen molar-refractivity contribution >= 4 is 5.91 Å². The molecule has 1 aromatic carbocycles. The Bertz CT molecular complexity index is 429. The number of carbonyl (C=O) groups excluding carboxylic acids is 1. The maximum Gasteiger partial charge on any atom is 0.236 e. The number of hydrogen-bond donors (Lipinski definition) is 2. The summed E-state index contributed by atoms with van der Waals surface area (Å²) in [6.07, 6.45) is 0.463. The zero-order valence-corrected chi connectivity index (χ0v) is 13.6. The number of amides is 1. The number of likely N-dealkylation sites (N-methyl/N-ethyl adjacent to an activating group) is 1. The van der Waals surface area contributed by atoms with Crippen LogP contribution >= 0.6 is 0 Å². The number of nitrogens with one attached hydrogen (secondary N) is 1. The first-order chi connectivity index (χ1) is 9.93. The number of aliphatic hydroxyl groups excluding tert-OH is 1. The standard InChI is InChI=1S/C17H28N2O2/c1-5-19(4)17(21)12-18-11-16(20)15-8-6-14(7-9-15)10-13(2)3/h6-9,13,16,18,20H,5,10-12H2,1-4H3. The highest BCUT2D eigenvalue weighted by Crippen LogP contribution is 2.15. The van der Waals surface area contributed by atoms with Gasteiger partial charge in [0.2, 0.25) is 5.91 Å². The van der Waals surface area contributed by atoms with Crippen molar-refractivity contribution in [2.45, 2.75) is 33.3 Å². The van der Waals surface area contributed by atoms with Crippen LogP contribution in [0.1, 0.15) is 38.0 Å². The molecule has 1 rings (SSSR count). The van der Waals surface area contributed by atoms with E-state index >= 15 is 0 Å². The van der Waals surface area contributed by atoms with Crippen molar-refractivity contribution in [3.8, 4) is 0 Å². The van der Waals surface area contributed by atoms with Gasteiger partial charge < -0.3 is 15.3 Å². The molecule has 0 aliphatic heterocycles. The minimum Gasteiger partial charge on any atom is -0.387 e. The van der Waals surface area contributed by atoms with Crippen molar-refractivity contribution in [1.29, 1.82) is 0 Å². The third-order valence-electron chi connectivity index (χ3n) is 3.52. The molecular formula is C17H28N2O2. The molecule has 0 aliphatic carbocycles. The van der Waals surface area contributed by atoms with E-state index in [1.165, 1.54) is 5.56 Å². The molecule has 0 saturated carbocycles. The molecule has 0 spiro atoms. The Hall–Kier alpha value is -1.39. The number of aliphatic hydroxyl groups is 1. The summed E-state index contributed by atoms with van der Waals surface area (Å²) in [6, 6.07) is 8.05. The van der Waals surface area contributed by atoms with Crippen LogP contribution in [0.3, 0.4) is 0 Å². The number of carbonyl (C=O) groups is 1. The van der Waals surface area contributed by atoms with Crippen LogP contribution in [0.5, 0.6) is 0 Å². The molecule has 1 unspecified atom stereocenters. The predicted molar refractivity (Wildman–Crippen MR) is 86.1 cm³/mol. The van der Waals surface area contributed by atoms with E-state index in [2.05, 4.69) is 31.3 Å². The molecule has 2 N–H and O–H groups in total. The van der Waals surface area contributed by atoms with Gasteiger partial charge in [0.1, 0.15) is 0 Å². The quantitative estimate of drug-likeness (QED) is 0.770. The van der Waals surface area contributed by atoms with E-state index in [1.807, 2.05) is 19.1 Å². The summed E-state index contributed by atoms with van der Waals surface area (Å²) in [5.74, 6) is 0.668. The summed E-state index contributed by atoms with van der Waals surface area (Å²) in [4.78, 5) is 13.3. The van der Waals surface area contributed by atoms with Crippen LogP contribution in [0.2, 0.25) is 0 Å². The average molecular weight is 292 g/mol. The summed E-state index contributed by atoms with van der Waals surface area (Å²) in [7, 11) is 1.77. The van der Waals surface area contributed by atoms with Crippen molar-refractivity contribution in [3.05, 3.63) is 35.4 Å². The smallest absolute Gasteiger partial charge is 0.236 e. The molecule has 4 nitrogen and oxygen atoms in total. The van der Waals surface area contributed by atoms with Crippen molar-refractivity contribution in [3.63, 3.8) is 0 Å². The van der Waals surface area contributed by atoms with Gasteiger partial charge in [0.05, 0.1) is 12.6 Å². The summed E-state index contributed by atoms with van der Waals surface area (Å²) in [5.41, 5.74) is 2.17.